The quantitative estimate of drug-likeness (QED) is 0.873. The third-order valence-electron chi connectivity index (χ3n) is 3.56. The maximum atomic E-state index is 13.2. The van der Waals surface area contributed by atoms with Gasteiger partial charge in [0.1, 0.15) is 17.4 Å². The van der Waals surface area contributed by atoms with Crippen LogP contribution >= 0.6 is 0 Å². The predicted octanol–water partition coefficient (Wildman–Crippen LogP) is 1.37. The maximum absolute atomic E-state index is 13.2. The second-order valence-corrected chi connectivity index (χ2v) is 6.64. The molecule has 1 aliphatic carbocycles. The maximum Gasteiger partial charge on any atom is 0.324 e. The first-order valence-electron chi connectivity index (χ1n) is 6.28. The molecule has 1 aliphatic rings. The first kappa shape index (κ1) is 15.4. The molecule has 1 saturated carbocycles. The van der Waals surface area contributed by atoms with Crippen LogP contribution < -0.4 is 4.72 Å². The van der Waals surface area contributed by atoms with Gasteiger partial charge in [0.05, 0.1) is 10.5 Å². The number of nitriles is 1. The lowest BCUT2D eigenvalue weighted by molar-refractivity contribution is -0.143. The summed E-state index contributed by atoms with van der Waals surface area (Å²) < 4.78 is 40.0. The second kappa shape index (κ2) is 5.42. The summed E-state index contributed by atoms with van der Waals surface area (Å²) in [6, 6.07) is 4.31. The first-order chi connectivity index (χ1) is 9.81. The van der Waals surface area contributed by atoms with Gasteiger partial charge in [0.25, 0.3) is 0 Å². The van der Waals surface area contributed by atoms with E-state index in [4.69, 9.17) is 5.26 Å². The van der Waals surface area contributed by atoms with Crippen molar-refractivity contribution in [1.29, 1.82) is 5.26 Å². The fourth-order valence-corrected chi connectivity index (χ4v) is 3.86. The molecular weight excluding hydrogens is 299 g/mol. The molecule has 0 amide bonds. The van der Waals surface area contributed by atoms with Gasteiger partial charge in [-0.25, -0.2) is 12.8 Å². The van der Waals surface area contributed by atoms with Crippen molar-refractivity contribution < 1.29 is 22.7 Å². The minimum atomic E-state index is -4.15. The molecule has 0 atom stereocenters. The van der Waals surface area contributed by atoms with Crippen molar-refractivity contribution in [3.63, 3.8) is 0 Å². The van der Waals surface area contributed by atoms with Gasteiger partial charge in [-0.3, -0.25) is 4.79 Å². The highest BCUT2D eigenvalue weighted by molar-refractivity contribution is 7.89. The van der Waals surface area contributed by atoms with Crippen molar-refractivity contribution in [2.45, 2.75) is 36.1 Å². The van der Waals surface area contributed by atoms with Crippen LogP contribution in [0.25, 0.3) is 0 Å². The van der Waals surface area contributed by atoms with Crippen molar-refractivity contribution in [3.05, 3.63) is 29.6 Å². The highest BCUT2D eigenvalue weighted by atomic mass is 32.2. The van der Waals surface area contributed by atoms with Crippen molar-refractivity contribution in [3.8, 4) is 6.07 Å². The van der Waals surface area contributed by atoms with Crippen LogP contribution in [0.2, 0.25) is 0 Å². The van der Waals surface area contributed by atoms with Crippen molar-refractivity contribution >= 4 is 16.0 Å². The van der Waals surface area contributed by atoms with Crippen LogP contribution in [0.1, 0.15) is 31.2 Å². The number of halogens is 1. The summed E-state index contributed by atoms with van der Waals surface area (Å²) in [6.07, 6.45) is 1.63. The molecule has 0 saturated heterocycles. The number of hydrogen-bond acceptors (Lipinski definition) is 4. The molecular formula is C13H13FN2O4S. The van der Waals surface area contributed by atoms with E-state index in [2.05, 4.69) is 4.72 Å². The lowest BCUT2D eigenvalue weighted by Crippen LogP contribution is -2.52. The van der Waals surface area contributed by atoms with Gasteiger partial charge in [0.15, 0.2) is 0 Å². The number of aliphatic carboxylic acids is 1. The van der Waals surface area contributed by atoms with E-state index in [0.29, 0.717) is 12.8 Å². The summed E-state index contributed by atoms with van der Waals surface area (Å²) >= 11 is 0. The highest BCUT2D eigenvalue weighted by Crippen LogP contribution is 2.31. The molecule has 1 aromatic rings. The third-order valence-corrected chi connectivity index (χ3v) is 5.10. The van der Waals surface area contributed by atoms with Gasteiger partial charge in [-0.1, -0.05) is 12.8 Å². The van der Waals surface area contributed by atoms with Gasteiger partial charge < -0.3 is 5.11 Å². The van der Waals surface area contributed by atoms with Crippen LogP contribution in [0.4, 0.5) is 4.39 Å². The summed E-state index contributed by atoms with van der Waals surface area (Å²) in [5.74, 6) is -2.06. The third kappa shape index (κ3) is 2.89. The van der Waals surface area contributed by atoms with Crippen molar-refractivity contribution in [2.24, 2.45) is 0 Å². The monoisotopic (exact) mass is 312 g/mol. The smallest absolute Gasteiger partial charge is 0.324 e. The molecule has 0 radical (unpaired) electrons. The largest absolute Gasteiger partial charge is 0.480 e. The minimum absolute atomic E-state index is 0.202. The molecule has 1 aromatic carbocycles. The Morgan fingerprint density at radius 2 is 2.00 bits per heavy atom. The van der Waals surface area contributed by atoms with Gasteiger partial charge in [0, 0.05) is 0 Å². The topological polar surface area (TPSA) is 107 Å². The van der Waals surface area contributed by atoms with Crippen LogP contribution in [-0.2, 0) is 14.8 Å². The van der Waals surface area contributed by atoms with E-state index in [-0.39, 0.29) is 17.7 Å². The molecule has 0 unspecified atom stereocenters. The molecule has 0 aliphatic heterocycles. The number of sulfonamides is 1. The number of hydrogen-bond donors (Lipinski definition) is 2. The number of carbonyl (C=O) groups is 1. The number of benzene rings is 1. The molecule has 8 heteroatoms. The Morgan fingerprint density at radius 1 is 1.38 bits per heavy atom. The molecule has 6 nitrogen and oxygen atoms in total. The highest BCUT2D eigenvalue weighted by Gasteiger charge is 2.44. The van der Waals surface area contributed by atoms with E-state index in [1.807, 2.05) is 0 Å². The molecule has 112 valence electrons. The molecule has 2 rings (SSSR count). The van der Waals surface area contributed by atoms with Gasteiger partial charge in [0.2, 0.25) is 10.0 Å². The van der Waals surface area contributed by atoms with Crippen LogP contribution in [0, 0.1) is 17.1 Å². The van der Waals surface area contributed by atoms with Crippen molar-refractivity contribution in [2.75, 3.05) is 0 Å². The van der Waals surface area contributed by atoms with E-state index < -0.39 is 32.9 Å². The zero-order valence-electron chi connectivity index (χ0n) is 11.0. The van der Waals surface area contributed by atoms with E-state index in [1.165, 1.54) is 0 Å². The van der Waals surface area contributed by atoms with Crippen LogP contribution in [0.15, 0.2) is 23.1 Å². The molecule has 21 heavy (non-hydrogen) atoms. The molecule has 0 bridgehead atoms. The van der Waals surface area contributed by atoms with E-state index in [1.54, 1.807) is 6.07 Å². The fraction of sp³-hybridized carbons (Fsp3) is 0.385. The Bertz CT molecular complexity index is 718. The van der Waals surface area contributed by atoms with E-state index in [0.717, 1.165) is 18.2 Å². The zero-order chi connectivity index (χ0) is 15.7. The Hall–Kier alpha value is -1.98. The minimum Gasteiger partial charge on any atom is -0.480 e. The Kier molecular flexibility index (Phi) is 3.98. The molecule has 0 heterocycles. The Labute approximate surface area is 121 Å². The standard InChI is InChI=1S/C13H13FN2O4S/c14-11-4-3-10(7-9(11)8-15)21(19,20)16-13(12(17)18)5-1-2-6-13/h3-4,7,16H,1-2,5-6H2,(H,17,18). The number of carboxylic acids is 1. The second-order valence-electron chi connectivity index (χ2n) is 4.95. The molecule has 2 N–H and O–H groups in total. The number of carboxylic acid groups (broad SMARTS) is 1. The predicted molar refractivity (Wildman–Crippen MR) is 70.3 cm³/mol. The average molecular weight is 312 g/mol. The number of rotatable bonds is 4. The summed E-state index contributed by atoms with van der Waals surface area (Å²) in [6.45, 7) is 0. The zero-order valence-corrected chi connectivity index (χ0v) is 11.8. The molecule has 1 fully saturated rings. The number of nitrogens with one attached hydrogen (secondary N) is 1. The van der Waals surface area contributed by atoms with Crippen molar-refractivity contribution in [1.82, 2.24) is 4.72 Å². The van der Waals surface area contributed by atoms with Gasteiger partial charge in [-0.15, -0.1) is 0 Å². The van der Waals surface area contributed by atoms with Crippen LogP contribution in [0.5, 0.6) is 0 Å². The normalized spacial score (nSPS) is 17.3. The summed E-state index contributed by atoms with van der Waals surface area (Å²) in [4.78, 5) is 11.0. The average Bonchev–Trinajstić information content (AvgIpc) is 2.88. The Balaban J connectivity index is 2.39. The van der Waals surface area contributed by atoms with Gasteiger partial charge in [-0.05, 0) is 31.0 Å². The van der Waals surface area contributed by atoms with E-state index >= 15 is 0 Å². The van der Waals surface area contributed by atoms with Crippen LogP contribution in [0.3, 0.4) is 0 Å². The Morgan fingerprint density at radius 3 is 2.52 bits per heavy atom. The van der Waals surface area contributed by atoms with Gasteiger partial charge >= 0.3 is 5.97 Å². The van der Waals surface area contributed by atoms with Gasteiger partial charge in [-0.2, -0.15) is 9.98 Å². The lowest BCUT2D eigenvalue weighted by atomic mass is 10.0. The number of nitrogens with zero attached hydrogens (tertiary/aromatic N) is 1. The SMILES string of the molecule is N#Cc1cc(S(=O)(=O)NC2(C(=O)O)CCCC2)ccc1F. The van der Waals surface area contributed by atoms with E-state index in [9.17, 15) is 22.7 Å². The first-order valence-corrected chi connectivity index (χ1v) is 7.76. The lowest BCUT2D eigenvalue weighted by Gasteiger charge is -2.25. The summed E-state index contributed by atoms with van der Waals surface area (Å²) in [5, 5.41) is 18.0. The summed E-state index contributed by atoms with van der Waals surface area (Å²) in [7, 11) is -4.15. The molecule has 0 aromatic heterocycles. The molecule has 0 spiro atoms. The van der Waals surface area contributed by atoms with Crippen LogP contribution in [-0.4, -0.2) is 25.0 Å². The fourth-order valence-electron chi connectivity index (χ4n) is 2.41. The summed E-state index contributed by atoms with van der Waals surface area (Å²) in [5.41, 5.74) is -1.94.